The molecule has 0 saturated carbocycles. The van der Waals surface area contributed by atoms with Gasteiger partial charge in [0.2, 0.25) is 0 Å². The van der Waals surface area contributed by atoms with Crippen LogP contribution < -0.4 is 10.5 Å². The Hall–Kier alpha value is -1.56. The molecule has 1 atom stereocenters. The van der Waals surface area contributed by atoms with Crippen molar-refractivity contribution >= 4 is 27.8 Å². The summed E-state index contributed by atoms with van der Waals surface area (Å²) in [6.07, 6.45) is -0.882. The summed E-state index contributed by atoms with van der Waals surface area (Å²) in [6.45, 7) is 1.45. The van der Waals surface area contributed by atoms with Gasteiger partial charge in [0.15, 0.2) is 6.10 Å². The molecule has 16 heavy (non-hydrogen) atoms. The van der Waals surface area contributed by atoms with Crippen molar-refractivity contribution in [1.82, 2.24) is 0 Å². The van der Waals surface area contributed by atoms with Gasteiger partial charge in [-0.05, 0) is 25.1 Å². The van der Waals surface area contributed by atoms with Gasteiger partial charge in [-0.2, -0.15) is 0 Å². The van der Waals surface area contributed by atoms with Gasteiger partial charge in [-0.25, -0.2) is 4.79 Å². The van der Waals surface area contributed by atoms with Crippen molar-refractivity contribution in [3.63, 3.8) is 0 Å². The summed E-state index contributed by atoms with van der Waals surface area (Å²) >= 11 is 3.18. The maximum Gasteiger partial charge on any atom is 0.339 e. The molecule has 0 aliphatic carbocycles. The molecule has 5 nitrogen and oxygen atoms in total. The molecule has 0 aliphatic rings. The summed E-state index contributed by atoms with van der Waals surface area (Å²) in [4.78, 5) is 21.7. The largest absolute Gasteiger partial charge is 0.480 e. The fourth-order valence-electron chi connectivity index (χ4n) is 1.02. The molecule has 0 saturated heterocycles. The van der Waals surface area contributed by atoms with Gasteiger partial charge in [0.25, 0.3) is 5.91 Å². The van der Waals surface area contributed by atoms with Crippen molar-refractivity contribution in [2.75, 3.05) is 0 Å². The minimum absolute atomic E-state index is 0.0173. The van der Waals surface area contributed by atoms with Crippen molar-refractivity contribution < 1.29 is 19.4 Å². The summed E-state index contributed by atoms with van der Waals surface area (Å²) in [5.41, 5.74) is 5.01. The molecule has 1 amide bonds. The molecular formula is C10H10BrNO4. The average molecular weight is 288 g/mol. The number of primary amides is 1. The molecule has 1 unspecified atom stereocenters. The topological polar surface area (TPSA) is 89.6 Å². The lowest BCUT2D eigenvalue weighted by molar-refractivity contribution is -0.124. The number of hydrogen-bond acceptors (Lipinski definition) is 3. The van der Waals surface area contributed by atoms with E-state index >= 15 is 0 Å². The van der Waals surface area contributed by atoms with Crippen LogP contribution in [0.4, 0.5) is 0 Å². The van der Waals surface area contributed by atoms with E-state index in [4.69, 9.17) is 15.6 Å². The molecule has 0 bridgehead atoms. The number of ether oxygens (including phenoxy) is 1. The van der Waals surface area contributed by atoms with Crippen LogP contribution in [-0.2, 0) is 4.79 Å². The Morgan fingerprint density at radius 2 is 2.12 bits per heavy atom. The van der Waals surface area contributed by atoms with Crippen molar-refractivity contribution in [2.24, 2.45) is 5.73 Å². The van der Waals surface area contributed by atoms with Gasteiger partial charge in [-0.3, -0.25) is 4.79 Å². The molecule has 1 aromatic rings. The lowest BCUT2D eigenvalue weighted by atomic mass is 10.2. The van der Waals surface area contributed by atoms with E-state index < -0.39 is 18.0 Å². The van der Waals surface area contributed by atoms with Crippen molar-refractivity contribution in [3.05, 3.63) is 28.2 Å². The third-order valence-electron chi connectivity index (χ3n) is 1.88. The fraction of sp³-hybridized carbons (Fsp3) is 0.200. The van der Waals surface area contributed by atoms with E-state index in [1.807, 2.05) is 0 Å². The molecule has 0 spiro atoms. The van der Waals surface area contributed by atoms with Crippen LogP contribution in [0.1, 0.15) is 17.3 Å². The van der Waals surface area contributed by atoms with Crippen molar-refractivity contribution in [2.45, 2.75) is 13.0 Å². The van der Waals surface area contributed by atoms with Gasteiger partial charge in [-0.1, -0.05) is 15.9 Å². The molecule has 86 valence electrons. The second-order valence-corrected chi connectivity index (χ2v) is 4.02. The molecule has 3 N–H and O–H groups in total. The Kier molecular flexibility index (Phi) is 3.89. The maximum absolute atomic E-state index is 10.9. The van der Waals surface area contributed by atoms with Crippen molar-refractivity contribution in [1.29, 1.82) is 0 Å². The highest BCUT2D eigenvalue weighted by Gasteiger charge is 2.16. The first-order valence-corrected chi connectivity index (χ1v) is 5.20. The van der Waals surface area contributed by atoms with Crippen LogP contribution in [0.3, 0.4) is 0 Å². The summed E-state index contributed by atoms with van der Waals surface area (Å²) < 4.78 is 5.82. The van der Waals surface area contributed by atoms with Gasteiger partial charge in [0, 0.05) is 4.47 Å². The molecule has 1 rings (SSSR count). The molecule has 1 aromatic carbocycles. The quantitative estimate of drug-likeness (QED) is 0.876. The lowest BCUT2D eigenvalue weighted by Gasteiger charge is -2.13. The summed E-state index contributed by atoms with van der Waals surface area (Å²) in [7, 11) is 0. The Balaban J connectivity index is 3.05. The van der Waals surface area contributed by atoms with Gasteiger partial charge in [0.05, 0.1) is 0 Å². The van der Waals surface area contributed by atoms with Crippen LogP contribution in [0, 0.1) is 0 Å². The van der Waals surface area contributed by atoms with Crippen LogP contribution in [0.15, 0.2) is 22.7 Å². The lowest BCUT2D eigenvalue weighted by Crippen LogP contribution is -2.31. The number of carbonyl (C=O) groups is 2. The number of benzene rings is 1. The van der Waals surface area contributed by atoms with Crippen LogP contribution in [0.2, 0.25) is 0 Å². The van der Waals surface area contributed by atoms with Crippen LogP contribution >= 0.6 is 15.9 Å². The highest BCUT2D eigenvalue weighted by Crippen LogP contribution is 2.24. The maximum atomic E-state index is 10.9. The zero-order valence-corrected chi connectivity index (χ0v) is 10.0. The summed E-state index contributed by atoms with van der Waals surface area (Å²) in [5.74, 6) is -1.68. The van der Waals surface area contributed by atoms with Gasteiger partial charge < -0.3 is 15.6 Å². The summed E-state index contributed by atoms with van der Waals surface area (Å²) in [5, 5.41) is 8.90. The highest BCUT2D eigenvalue weighted by molar-refractivity contribution is 9.10. The molecule has 6 heteroatoms. The number of hydrogen-bond donors (Lipinski definition) is 2. The normalized spacial score (nSPS) is 11.9. The molecular weight excluding hydrogens is 278 g/mol. The first-order chi connectivity index (χ1) is 7.41. The monoisotopic (exact) mass is 287 g/mol. The standard InChI is InChI=1S/C10H10BrNO4/c1-5(9(12)13)16-8-4-6(11)2-3-7(8)10(14)15/h2-5H,1H3,(H2,12,13)(H,14,15). The number of carboxylic acids is 1. The Bertz CT molecular complexity index is 433. The Morgan fingerprint density at radius 1 is 1.50 bits per heavy atom. The van der Waals surface area contributed by atoms with E-state index in [0.717, 1.165) is 0 Å². The minimum atomic E-state index is -1.13. The predicted molar refractivity (Wildman–Crippen MR) is 60.4 cm³/mol. The third kappa shape index (κ3) is 2.96. The van der Waals surface area contributed by atoms with Gasteiger partial charge in [0.1, 0.15) is 11.3 Å². The Morgan fingerprint density at radius 3 is 2.62 bits per heavy atom. The number of nitrogens with two attached hydrogens (primary N) is 1. The van der Waals surface area contributed by atoms with E-state index in [-0.39, 0.29) is 11.3 Å². The number of carboxylic acid groups (broad SMARTS) is 1. The number of rotatable bonds is 4. The number of carbonyl (C=O) groups excluding carboxylic acids is 1. The second-order valence-electron chi connectivity index (χ2n) is 3.11. The molecule has 0 aromatic heterocycles. The van der Waals surface area contributed by atoms with Crippen LogP contribution in [0.5, 0.6) is 5.75 Å². The molecule has 0 fully saturated rings. The highest BCUT2D eigenvalue weighted by atomic mass is 79.9. The predicted octanol–water partition coefficient (Wildman–Crippen LogP) is 1.40. The van der Waals surface area contributed by atoms with Crippen molar-refractivity contribution in [3.8, 4) is 5.75 Å². The summed E-state index contributed by atoms with van der Waals surface area (Å²) in [6, 6.07) is 4.43. The third-order valence-corrected chi connectivity index (χ3v) is 2.37. The van der Waals surface area contributed by atoms with Crippen LogP contribution in [-0.4, -0.2) is 23.1 Å². The molecule has 0 radical (unpaired) electrons. The first-order valence-electron chi connectivity index (χ1n) is 4.40. The van der Waals surface area contributed by atoms with E-state index in [0.29, 0.717) is 4.47 Å². The second kappa shape index (κ2) is 4.98. The van der Waals surface area contributed by atoms with Gasteiger partial charge >= 0.3 is 5.97 Å². The molecule has 0 heterocycles. The SMILES string of the molecule is CC(Oc1cc(Br)ccc1C(=O)O)C(N)=O. The zero-order valence-electron chi connectivity index (χ0n) is 8.44. The molecule has 0 aliphatic heterocycles. The first kappa shape index (κ1) is 12.5. The van der Waals surface area contributed by atoms with E-state index in [1.54, 1.807) is 6.07 Å². The van der Waals surface area contributed by atoms with E-state index in [1.165, 1.54) is 19.1 Å². The number of halogens is 1. The van der Waals surface area contributed by atoms with E-state index in [2.05, 4.69) is 15.9 Å². The van der Waals surface area contributed by atoms with Crippen LogP contribution in [0.25, 0.3) is 0 Å². The average Bonchev–Trinajstić information content (AvgIpc) is 2.16. The smallest absolute Gasteiger partial charge is 0.339 e. The fourth-order valence-corrected chi connectivity index (χ4v) is 1.36. The Labute approximate surface area is 100 Å². The van der Waals surface area contributed by atoms with Gasteiger partial charge in [-0.15, -0.1) is 0 Å². The number of aromatic carboxylic acids is 1. The number of amides is 1. The van der Waals surface area contributed by atoms with E-state index in [9.17, 15) is 9.59 Å². The zero-order chi connectivity index (χ0) is 12.3. The minimum Gasteiger partial charge on any atom is -0.480 e.